The molecule has 2 aromatic rings. The molecule has 47 heavy (non-hydrogen) atoms. The monoisotopic (exact) mass is 690 g/mol. The maximum atomic E-state index is 10.3. The van der Waals surface area contributed by atoms with Gasteiger partial charge >= 0.3 is 17.2 Å². The van der Waals surface area contributed by atoms with Gasteiger partial charge in [-0.15, -0.1) is 0 Å². The third-order valence-electron chi connectivity index (χ3n) is 8.67. The first kappa shape index (κ1) is 42.3. The van der Waals surface area contributed by atoms with E-state index < -0.39 is 17.2 Å². The maximum Gasteiger partial charge on any atom is 0.341 e. The smallest absolute Gasteiger partial charge is 0.328 e. The Kier molecular flexibility index (Phi) is 15.2. The molecule has 2 atom stereocenters. The standard InChI is InChI=1S/C40H68O5P2/c1-27(2)23-25-33(35-29(37(5,6)7)19-17-20-30(35)38(8,9)10)43-47(45-46(41)42)44-34(26-24-28(3)4)36-31(39(11,12)13)21-18-22-32(36)40(14,15)16/h17-22,27-28,33-34,41-42H,23-26H2,1-16H3. The normalized spacial score (nSPS) is 15.5. The maximum absolute atomic E-state index is 10.3. The second kappa shape index (κ2) is 16.9. The first-order chi connectivity index (χ1) is 21.3. The van der Waals surface area contributed by atoms with Crippen LogP contribution in [0.15, 0.2) is 36.4 Å². The van der Waals surface area contributed by atoms with Gasteiger partial charge in [0.25, 0.3) is 0 Å². The summed E-state index contributed by atoms with van der Waals surface area (Å²) in [5.74, 6) is 0.933. The zero-order valence-electron chi connectivity index (χ0n) is 32.6. The van der Waals surface area contributed by atoms with E-state index in [0.29, 0.717) is 11.8 Å². The largest absolute Gasteiger partial charge is 0.341 e. The summed E-state index contributed by atoms with van der Waals surface area (Å²) < 4.78 is 19.9. The van der Waals surface area contributed by atoms with Gasteiger partial charge in [-0.05, 0) is 92.6 Å². The van der Waals surface area contributed by atoms with Gasteiger partial charge in [0.05, 0.1) is 12.2 Å². The van der Waals surface area contributed by atoms with E-state index in [0.717, 1.165) is 36.8 Å². The van der Waals surface area contributed by atoms with Gasteiger partial charge < -0.3 is 18.8 Å². The van der Waals surface area contributed by atoms with Crippen LogP contribution in [-0.4, -0.2) is 9.79 Å². The quantitative estimate of drug-likeness (QED) is 0.193. The SMILES string of the molecule is CC(C)CCC(OP(OC(CCC(C)C)c1c(C(C)(C)C)cccc1C(C)(C)C)OP(O)O)c1c(C(C)(C)C)cccc1C(C)(C)C. The molecule has 0 amide bonds. The van der Waals surface area contributed by atoms with E-state index in [1.54, 1.807) is 0 Å². The molecule has 268 valence electrons. The van der Waals surface area contributed by atoms with Gasteiger partial charge in [-0.1, -0.05) is 147 Å². The molecule has 0 saturated heterocycles. The van der Waals surface area contributed by atoms with Gasteiger partial charge in [-0.2, -0.15) is 0 Å². The molecule has 2 aromatic carbocycles. The molecule has 0 heterocycles. The molecule has 0 saturated carbocycles. The number of hydrogen-bond donors (Lipinski definition) is 2. The highest BCUT2D eigenvalue weighted by molar-refractivity contribution is 7.54. The van der Waals surface area contributed by atoms with Crippen molar-refractivity contribution in [1.82, 2.24) is 0 Å². The zero-order chi connectivity index (χ0) is 36.1. The van der Waals surface area contributed by atoms with E-state index in [1.807, 2.05) is 0 Å². The molecule has 2 N–H and O–H groups in total. The van der Waals surface area contributed by atoms with Gasteiger partial charge in [-0.25, -0.2) is 4.31 Å². The van der Waals surface area contributed by atoms with E-state index >= 15 is 0 Å². The molecule has 0 spiro atoms. The molecular weight excluding hydrogens is 622 g/mol. The van der Waals surface area contributed by atoms with Crippen molar-refractivity contribution in [1.29, 1.82) is 0 Å². The van der Waals surface area contributed by atoms with Gasteiger partial charge in [0.1, 0.15) is 0 Å². The third-order valence-corrected chi connectivity index (χ3v) is 10.6. The van der Waals surface area contributed by atoms with Gasteiger partial charge in [-0.3, -0.25) is 0 Å². The van der Waals surface area contributed by atoms with Crippen molar-refractivity contribution in [2.45, 2.75) is 170 Å². The molecule has 0 aromatic heterocycles. The topological polar surface area (TPSA) is 68.2 Å². The van der Waals surface area contributed by atoms with Crippen LogP contribution in [-0.2, 0) is 35.0 Å². The Bertz CT molecular complexity index is 1100. The number of hydrogen-bond acceptors (Lipinski definition) is 5. The van der Waals surface area contributed by atoms with Crippen LogP contribution in [0, 0.1) is 11.8 Å². The van der Waals surface area contributed by atoms with Gasteiger partial charge in [0.15, 0.2) is 0 Å². The fraction of sp³-hybridized carbons (Fsp3) is 0.700. The molecule has 0 aliphatic heterocycles. The molecule has 0 aliphatic carbocycles. The van der Waals surface area contributed by atoms with Gasteiger partial charge in [0.2, 0.25) is 0 Å². The highest BCUT2D eigenvalue weighted by atomic mass is 31.2. The first-order valence-electron chi connectivity index (χ1n) is 17.6. The minimum atomic E-state index is -2.72. The average Bonchev–Trinajstić information content (AvgIpc) is 2.89. The Balaban J connectivity index is 2.84. The Morgan fingerprint density at radius 3 is 1.00 bits per heavy atom. The summed E-state index contributed by atoms with van der Waals surface area (Å²) in [6.07, 6.45) is 2.71. The Morgan fingerprint density at radius 1 is 0.511 bits per heavy atom. The van der Waals surface area contributed by atoms with Crippen LogP contribution in [0.3, 0.4) is 0 Å². The van der Waals surface area contributed by atoms with Crippen LogP contribution < -0.4 is 0 Å². The second-order valence-corrected chi connectivity index (χ2v) is 20.2. The van der Waals surface area contributed by atoms with Gasteiger partial charge in [0, 0.05) is 0 Å². The van der Waals surface area contributed by atoms with Crippen molar-refractivity contribution in [2.75, 3.05) is 0 Å². The molecule has 7 heteroatoms. The van der Waals surface area contributed by atoms with Crippen molar-refractivity contribution in [2.24, 2.45) is 11.8 Å². The lowest BCUT2D eigenvalue weighted by molar-refractivity contribution is 0.0947. The second-order valence-electron chi connectivity index (χ2n) is 18.2. The summed E-state index contributed by atoms with van der Waals surface area (Å²) in [5, 5.41) is 0. The summed E-state index contributed by atoms with van der Waals surface area (Å²) >= 11 is 0. The molecule has 2 unspecified atom stereocenters. The van der Waals surface area contributed by atoms with Crippen LogP contribution in [0.1, 0.15) is 182 Å². The third kappa shape index (κ3) is 12.7. The van der Waals surface area contributed by atoms with Crippen molar-refractivity contribution in [3.8, 4) is 0 Å². The van der Waals surface area contributed by atoms with E-state index in [9.17, 15) is 9.79 Å². The summed E-state index contributed by atoms with van der Waals surface area (Å²) in [4.78, 5) is 20.6. The number of rotatable bonds is 14. The predicted molar refractivity (Wildman–Crippen MR) is 203 cm³/mol. The molecule has 0 fully saturated rings. The molecule has 0 aliphatic rings. The van der Waals surface area contributed by atoms with Crippen LogP contribution in [0.2, 0.25) is 0 Å². The minimum Gasteiger partial charge on any atom is -0.328 e. The summed E-state index contributed by atoms with van der Waals surface area (Å²) in [7, 11) is -4.88. The average molecular weight is 691 g/mol. The fourth-order valence-corrected chi connectivity index (χ4v) is 7.91. The molecule has 0 bridgehead atoms. The molecule has 0 radical (unpaired) electrons. The lowest BCUT2D eigenvalue weighted by atomic mass is 9.74. The van der Waals surface area contributed by atoms with E-state index in [2.05, 4.69) is 147 Å². The fourth-order valence-electron chi connectivity index (χ4n) is 6.24. The van der Waals surface area contributed by atoms with E-state index in [1.165, 1.54) is 22.3 Å². The first-order valence-corrected chi connectivity index (χ1v) is 19.9. The molecule has 5 nitrogen and oxygen atoms in total. The molecular formula is C40H68O5P2. The van der Waals surface area contributed by atoms with E-state index in [4.69, 9.17) is 13.4 Å². The predicted octanol–water partition coefficient (Wildman–Crippen LogP) is 13.0. The summed E-state index contributed by atoms with van der Waals surface area (Å²) in [6.45, 7) is 35.8. The highest BCUT2D eigenvalue weighted by Gasteiger charge is 2.37. The highest BCUT2D eigenvalue weighted by Crippen LogP contribution is 2.59. The summed E-state index contributed by atoms with van der Waals surface area (Å²) in [6, 6.07) is 13.2. The Hall–Kier alpha value is -0.900. The lowest BCUT2D eigenvalue weighted by Gasteiger charge is -2.37. The Labute approximate surface area is 291 Å². The van der Waals surface area contributed by atoms with Crippen molar-refractivity contribution in [3.05, 3.63) is 69.8 Å². The Morgan fingerprint density at radius 2 is 0.787 bits per heavy atom. The van der Waals surface area contributed by atoms with Crippen LogP contribution in [0.4, 0.5) is 0 Å². The van der Waals surface area contributed by atoms with Crippen molar-refractivity contribution >= 4 is 17.2 Å². The van der Waals surface area contributed by atoms with Crippen LogP contribution in [0.25, 0.3) is 0 Å². The summed E-state index contributed by atoms with van der Waals surface area (Å²) in [5.41, 5.74) is 6.72. The molecule has 2 rings (SSSR count). The lowest BCUT2D eigenvalue weighted by Crippen LogP contribution is -2.25. The van der Waals surface area contributed by atoms with Crippen LogP contribution >= 0.6 is 17.2 Å². The number of benzene rings is 2. The van der Waals surface area contributed by atoms with Crippen molar-refractivity contribution < 1.29 is 23.1 Å². The zero-order valence-corrected chi connectivity index (χ0v) is 34.4. The van der Waals surface area contributed by atoms with Crippen molar-refractivity contribution in [3.63, 3.8) is 0 Å². The minimum absolute atomic E-state index is 0.131. The van der Waals surface area contributed by atoms with Crippen LogP contribution in [0.5, 0.6) is 0 Å². The van der Waals surface area contributed by atoms with E-state index in [-0.39, 0.29) is 33.9 Å².